The number of halogens is 1. The second-order valence-electron chi connectivity index (χ2n) is 6.97. The summed E-state index contributed by atoms with van der Waals surface area (Å²) in [7, 11) is 0. The van der Waals surface area contributed by atoms with Crippen molar-refractivity contribution < 1.29 is 14.7 Å². The summed E-state index contributed by atoms with van der Waals surface area (Å²) in [6.07, 6.45) is 5.20. The smallest absolute Gasteiger partial charge is 0.266 e. The Morgan fingerprint density at radius 1 is 1.39 bits per heavy atom. The Morgan fingerprint density at radius 3 is 2.79 bits per heavy atom. The number of hydrogen-bond acceptors (Lipinski definition) is 5. The Hall–Kier alpha value is -1.41. The molecule has 1 aromatic rings. The SMILES string of the molecule is C[C@@H](C(=O)N1CCCC[C@@H]1CCO)N1C(=O)/C(=C/c2ccc(Cl)cc2)SC1=S. The number of benzene rings is 1. The van der Waals surface area contributed by atoms with Crippen molar-refractivity contribution in [1.29, 1.82) is 0 Å². The van der Waals surface area contributed by atoms with Crippen LogP contribution in [0.3, 0.4) is 0 Å². The standard InChI is InChI=1S/C20H23ClN2O3S2/c1-13(18(25)22-10-3-2-4-16(22)9-11-24)23-19(26)17(28-20(23)27)12-14-5-7-15(21)8-6-14/h5-8,12-13,16,24H,2-4,9-11H2,1H3/b17-12-/t13-,16+/m0/s1. The Bertz CT molecular complexity index is 795. The molecule has 2 aliphatic heterocycles. The molecule has 2 heterocycles. The van der Waals surface area contributed by atoms with Gasteiger partial charge in [0.1, 0.15) is 10.4 Å². The lowest BCUT2D eigenvalue weighted by Gasteiger charge is -2.38. The molecule has 0 bridgehead atoms. The number of nitrogens with zero attached hydrogens (tertiary/aromatic N) is 2. The maximum absolute atomic E-state index is 13.1. The van der Waals surface area contributed by atoms with Crippen LogP contribution in [0.15, 0.2) is 29.2 Å². The number of aliphatic hydroxyl groups is 1. The Kier molecular flexibility index (Phi) is 7.15. The van der Waals surface area contributed by atoms with Crippen LogP contribution < -0.4 is 0 Å². The molecule has 28 heavy (non-hydrogen) atoms. The van der Waals surface area contributed by atoms with E-state index in [2.05, 4.69) is 0 Å². The molecule has 2 aliphatic rings. The monoisotopic (exact) mass is 438 g/mol. The third-order valence-electron chi connectivity index (χ3n) is 5.11. The van der Waals surface area contributed by atoms with Gasteiger partial charge in [0.25, 0.3) is 5.91 Å². The van der Waals surface area contributed by atoms with Crippen LogP contribution in [0.5, 0.6) is 0 Å². The summed E-state index contributed by atoms with van der Waals surface area (Å²) < 4.78 is 0.391. The van der Waals surface area contributed by atoms with E-state index in [1.165, 1.54) is 16.7 Å². The van der Waals surface area contributed by atoms with Gasteiger partial charge in [0.15, 0.2) is 0 Å². The minimum Gasteiger partial charge on any atom is -0.396 e. The minimum absolute atomic E-state index is 0.0247. The summed E-state index contributed by atoms with van der Waals surface area (Å²) in [4.78, 5) is 29.8. The van der Waals surface area contributed by atoms with Crippen LogP contribution in [0.4, 0.5) is 0 Å². The average Bonchev–Trinajstić information content (AvgIpc) is 2.96. The fourth-order valence-electron chi connectivity index (χ4n) is 3.61. The molecule has 0 spiro atoms. The molecule has 150 valence electrons. The van der Waals surface area contributed by atoms with Gasteiger partial charge in [0.2, 0.25) is 5.91 Å². The van der Waals surface area contributed by atoms with Gasteiger partial charge in [0.05, 0.1) is 4.91 Å². The number of thioether (sulfide) groups is 1. The molecule has 2 amide bonds. The van der Waals surface area contributed by atoms with Crippen molar-refractivity contribution >= 4 is 57.8 Å². The number of piperidine rings is 1. The number of thiocarbonyl (C=S) groups is 1. The fourth-order valence-corrected chi connectivity index (χ4v) is 5.16. The summed E-state index contributed by atoms with van der Waals surface area (Å²) in [5.74, 6) is -0.358. The molecule has 5 nitrogen and oxygen atoms in total. The first kappa shape index (κ1) is 21.3. The van der Waals surface area contributed by atoms with Gasteiger partial charge in [-0.15, -0.1) is 0 Å². The Labute approximate surface area is 179 Å². The highest BCUT2D eigenvalue weighted by Crippen LogP contribution is 2.35. The molecule has 0 aliphatic carbocycles. The highest BCUT2D eigenvalue weighted by molar-refractivity contribution is 8.26. The van der Waals surface area contributed by atoms with Gasteiger partial charge in [-0.2, -0.15) is 0 Å². The number of likely N-dealkylation sites (tertiary alicyclic amines) is 1. The lowest BCUT2D eigenvalue weighted by atomic mass is 9.98. The lowest BCUT2D eigenvalue weighted by Crippen LogP contribution is -2.53. The van der Waals surface area contributed by atoms with Crippen LogP contribution in [-0.4, -0.2) is 56.3 Å². The zero-order chi connectivity index (χ0) is 20.3. The van der Waals surface area contributed by atoms with E-state index >= 15 is 0 Å². The summed E-state index contributed by atoms with van der Waals surface area (Å²) in [6.45, 7) is 2.43. The predicted molar refractivity (Wildman–Crippen MR) is 117 cm³/mol. The van der Waals surface area contributed by atoms with E-state index in [-0.39, 0.29) is 24.5 Å². The first-order valence-corrected chi connectivity index (χ1v) is 11.0. The van der Waals surface area contributed by atoms with Gasteiger partial charge in [-0.1, -0.05) is 47.7 Å². The maximum Gasteiger partial charge on any atom is 0.266 e. The number of rotatable bonds is 5. The highest BCUT2D eigenvalue weighted by Gasteiger charge is 2.40. The number of aliphatic hydroxyl groups excluding tert-OH is 1. The van der Waals surface area contributed by atoms with Crippen molar-refractivity contribution in [3.63, 3.8) is 0 Å². The van der Waals surface area contributed by atoms with Crippen LogP contribution in [0.1, 0.15) is 38.2 Å². The molecule has 0 radical (unpaired) electrons. The summed E-state index contributed by atoms with van der Waals surface area (Å²) in [5, 5.41) is 9.93. The van der Waals surface area contributed by atoms with Crippen LogP contribution in [0.2, 0.25) is 5.02 Å². The number of carbonyl (C=O) groups is 2. The van der Waals surface area contributed by atoms with Crippen molar-refractivity contribution in [2.75, 3.05) is 13.2 Å². The van der Waals surface area contributed by atoms with Crippen molar-refractivity contribution in [1.82, 2.24) is 9.80 Å². The van der Waals surface area contributed by atoms with E-state index in [0.29, 0.717) is 27.2 Å². The fraction of sp³-hybridized carbons (Fsp3) is 0.450. The molecule has 8 heteroatoms. The zero-order valence-electron chi connectivity index (χ0n) is 15.6. The average molecular weight is 439 g/mol. The largest absolute Gasteiger partial charge is 0.396 e. The lowest BCUT2D eigenvalue weighted by molar-refractivity contribution is -0.142. The number of carbonyl (C=O) groups excluding carboxylic acids is 2. The van der Waals surface area contributed by atoms with Crippen molar-refractivity contribution in [3.8, 4) is 0 Å². The molecular formula is C20H23ClN2O3S2. The Balaban J connectivity index is 1.76. The van der Waals surface area contributed by atoms with E-state index < -0.39 is 6.04 Å². The molecule has 3 rings (SSSR count). The van der Waals surface area contributed by atoms with Crippen LogP contribution in [0.25, 0.3) is 6.08 Å². The van der Waals surface area contributed by atoms with Crippen LogP contribution >= 0.6 is 35.6 Å². The summed E-state index contributed by atoms with van der Waals surface area (Å²) in [6, 6.07) is 6.54. The maximum atomic E-state index is 13.1. The van der Waals surface area contributed by atoms with Gasteiger partial charge in [-0.05, 0) is 56.4 Å². The van der Waals surface area contributed by atoms with E-state index in [1.54, 1.807) is 25.1 Å². The molecule has 1 aromatic carbocycles. The van der Waals surface area contributed by atoms with Gasteiger partial charge in [0, 0.05) is 24.2 Å². The molecule has 0 unspecified atom stereocenters. The molecule has 0 saturated carbocycles. The van der Waals surface area contributed by atoms with Crippen molar-refractivity contribution in [2.24, 2.45) is 0 Å². The summed E-state index contributed by atoms with van der Waals surface area (Å²) in [5.41, 5.74) is 0.850. The van der Waals surface area contributed by atoms with Crippen LogP contribution in [-0.2, 0) is 9.59 Å². The van der Waals surface area contributed by atoms with E-state index in [4.69, 9.17) is 23.8 Å². The Morgan fingerprint density at radius 2 is 2.11 bits per heavy atom. The third-order valence-corrected chi connectivity index (χ3v) is 6.69. The summed E-state index contributed by atoms with van der Waals surface area (Å²) >= 11 is 12.5. The zero-order valence-corrected chi connectivity index (χ0v) is 18.0. The topological polar surface area (TPSA) is 60.9 Å². The first-order chi connectivity index (χ1) is 13.4. The molecule has 2 atom stereocenters. The van der Waals surface area contributed by atoms with E-state index in [1.807, 2.05) is 17.0 Å². The first-order valence-electron chi connectivity index (χ1n) is 9.36. The molecule has 2 fully saturated rings. The quantitative estimate of drug-likeness (QED) is 0.561. The van der Waals surface area contributed by atoms with Crippen molar-refractivity contribution in [3.05, 3.63) is 39.8 Å². The molecular weight excluding hydrogens is 416 g/mol. The predicted octanol–water partition coefficient (Wildman–Crippen LogP) is 3.69. The number of amides is 2. The van der Waals surface area contributed by atoms with Gasteiger partial charge < -0.3 is 10.0 Å². The highest BCUT2D eigenvalue weighted by atomic mass is 35.5. The van der Waals surface area contributed by atoms with Crippen LogP contribution in [0, 0.1) is 0 Å². The number of hydrogen-bond donors (Lipinski definition) is 1. The van der Waals surface area contributed by atoms with E-state index in [9.17, 15) is 14.7 Å². The molecule has 0 aromatic heterocycles. The minimum atomic E-state index is -0.664. The van der Waals surface area contributed by atoms with Gasteiger partial charge >= 0.3 is 0 Å². The normalized spacial score (nSPS) is 22.8. The molecule has 1 N–H and O–H groups in total. The van der Waals surface area contributed by atoms with Gasteiger partial charge in [-0.25, -0.2) is 0 Å². The second kappa shape index (κ2) is 9.39. The van der Waals surface area contributed by atoms with Gasteiger partial charge in [-0.3, -0.25) is 14.5 Å². The van der Waals surface area contributed by atoms with E-state index in [0.717, 1.165) is 24.8 Å². The molecule has 2 saturated heterocycles. The van der Waals surface area contributed by atoms with Crippen molar-refractivity contribution in [2.45, 2.75) is 44.7 Å². The second-order valence-corrected chi connectivity index (χ2v) is 9.08. The third kappa shape index (κ3) is 4.59.